The molecule has 1 aliphatic rings. The molecule has 1 amide bonds. The van der Waals surface area contributed by atoms with Gasteiger partial charge in [0, 0.05) is 10.6 Å². The molecule has 0 saturated heterocycles. The second-order valence-corrected chi connectivity index (χ2v) is 8.73. The number of fused-ring (bicyclic) bond motifs is 3. The molecule has 0 saturated carbocycles. The van der Waals surface area contributed by atoms with Crippen LogP contribution in [-0.2, 0) is 20.4 Å². The normalized spacial score (nSPS) is 14.4. The Morgan fingerprint density at radius 1 is 0.867 bits per heavy atom. The van der Waals surface area contributed by atoms with E-state index < -0.39 is 28.7 Å². The van der Waals surface area contributed by atoms with Gasteiger partial charge in [-0.1, -0.05) is 66.7 Å². The number of carbonyl (C=O) groups is 2. The smallest absolute Gasteiger partial charge is 0.326 e. The number of hydrogen-bond donors (Lipinski definition) is 2. The Morgan fingerprint density at radius 2 is 1.40 bits per heavy atom. The summed E-state index contributed by atoms with van der Waals surface area (Å²) in [5.41, 5.74) is 3.72. The molecule has 0 spiro atoms. The molecule has 3 aromatic carbocycles. The van der Waals surface area contributed by atoms with Gasteiger partial charge in [0.05, 0.1) is 16.7 Å². The third kappa shape index (κ3) is 3.91. The van der Waals surface area contributed by atoms with E-state index in [1.807, 2.05) is 54.6 Å². The summed E-state index contributed by atoms with van der Waals surface area (Å²) in [6, 6.07) is 23.2. The third-order valence-corrected chi connectivity index (χ3v) is 6.71. The highest BCUT2D eigenvalue weighted by atomic mass is 32.2. The van der Waals surface area contributed by atoms with Crippen LogP contribution in [0.25, 0.3) is 11.1 Å². The Labute approximate surface area is 177 Å². The fourth-order valence-electron chi connectivity index (χ4n) is 3.87. The van der Waals surface area contributed by atoms with Gasteiger partial charge in [-0.25, -0.2) is 4.79 Å². The van der Waals surface area contributed by atoms with E-state index >= 15 is 0 Å². The maximum Gasteiger partial charge on any atom is 0.326 e. The van der Waals surface area contributed by atoms with Gasteiger partial charge in [0.1, 0.15) is 6.04 Å². The maximum atomic E-state index is 13.2. The molecule has 2 atom stereocenters. The molecule has 0 radical (unpaired) electrons. The van der Waals surface area contributed by atoms with Crippen LogP contribution < -0.4 is 5.32 Å². The van der Waals surface area contributed by atoms with Gasteiger partial charge >= 0.3 is 5.97 Å². The van der Waals surface area contributed by atoms with E-state index in [1.165, 1.54) is 0 Å². The molecule has 0 unspecified atom stereocenters. The number of benzene rings is 3. The molecule has 0 aromatic heterocycles. The highest BCUT2D eigenvalue weighted by Gasteiger charge is 2.35. The zero-order chi connectivity index (χ0) is 21.1. The van der Waals surface area contributed by atoms with Gasteiger partial charge in [-0.05, 0) is 40.8 Å². The van der Waals surface area contributed by atoms with Crippen molar-refractivity contribution in [3.8, 4) is 11.1 Å². The minimum absolute atomic E-state index is 0.0819. The van der Waals surface area contributed by atoms with E-state index in [0.717, 1.165) is 22.3 Å². The average molecular weight is 420 g/mol. The van der Waals surface area contributed by atoms with Crippen molar-refractivity contribution in [2.75, 3.05) is 5.75 Å². The van der Waals surface area contributed by atoms with Crippen LogP contribution in [-0.4, -0.2) is 33.0 Å². The molecule has 3 aromatic rings. The van der Waals surface area contributed by atoms with Crippen molar-refractivity contribution in [3.05, 3.63) is 90.0 Å². The van der Waals surface area contributed by atoms with Gasteiger partial charge in [0.15, 0.2) is 0 Å². The fourth-order valence-corrected chi connectivity index (χ4v) is 5.01. The van der Waals surface area contributed by atoms with Gasteiger partial charge in [-0.2, -0.15) is 0 Å². The van der Waals surface area contributed by atoms with Crippen LogP contribution in [0.1, 0.15) is 23.5 Å². The van der Waals surface area contributed by atoms with E-state index in [9.17, 15) is 18.9 Å². The lowest BCUT2D eigenvalue weighted by Gasteiger charge is -2.19. The quantitative estimate of drug-likeness (QED) is 0.613. The predicted octanol–water partition coefficient (Wildman–Crippen LogP) is 3.57. The summed E-state index contributed by atoms with van der Waals surface area (Å²) < 4.78 is 12.4. The number of carboxylic acids is 1. The number of carboxylic acid groups (broad SMARTS) is 1. The molecule has 5 nitrogen and oxygen atoms in total. The second-order valence-electron chi connectivity index (χ2n) is 7.16. The Balaban J connectivity index is 1.51. The van der Waals surface area contributed by atoms with Crippen LogP contribution in [0.3, 0.4) is 0 Å². The van der Waals surface area contributed by atoms with Crippen molar-refractivity contribution in [1.29, 1.82) is 0 Å². The third-order valence-electron chi connectivity index (χ3n) is 5.31. The molecule has 6 heteroatoms. The van der Waals surface area contributed by atoms with Crippen molar-refractivity contribution < 1.29 is 18.9 Å². The van der Waals surface area contributed by atoms with Crippen LogP contribution in [0.15, 0.2) is 83.8 Å². The van der Waals surface area contributed by atoms with Gasteiger partial charge in [0.2, 0.25) is 5.91 Å². The van der Waals surface area contributed by atoms with Crippen LogP contribution in [0.5, 0.6) is 0 Å². The molecular weight excluding hydrogens is 398 g/mol. The Hall–Kier alpha value is -3.25. The molecule has 0 bridgehead atoms. The Kier molecular flexibility index (Phi) is 5.77. The minimum atomic E-state index is -1.32. The molecule has 0 fully saturated rings. The van der Waals surface area contributed by atoms with E-state index in [2.05, 4.69) is 5.32 Å². The molecular formula is C24H21NO4S. The van der Waals surface area contributed by atoms with Crippen molar-refractivity contribution >= 4 is 22.7 Å². The number of carbonyl (C=O) groups excluding carboxylic acids is 1. The first-order valence-electron chi connectivity index (χ1n) is 9.71. The zero-order valence-electron chi connectivity index (χ0n) is 16.2. The standard InChI is InChI=1S/C24H21NO4S/c26-23(22-19-12-6-4-10-17(19)18-11-5-7-13-20(18)22)25-21(24(27)28)14-15-30(29)16-8-2-1-3-9-16/h1-13,21-22H,14-15H2,(H,25,26)(H,27,28)/t21-,30-/m1/s1. The molecule has 1 aliphatic carbocycles. The van der Waals surface area contributed by atoms with E-state index in [0.29, 0.717) is 4.90 Å². The zero-order valence-corrected chi connectivity index (χ0v) is 17.0. The van der Waals surface area contributed by atoms with Gasteiger partial charge in [-0.3, -0.25) is 9.00 Å². The molecule has 30 heavy (non-hydrogen) atoms. The number of rotatable bonds is 7. The first-order valence-corrected chi connectivity index (χ1v) is 11.0. The molecule has 2 N–H and O–H groups in total. The highest BCUT2D eigenvalue weighted by molar-refractivity contribution is 7.85. The van der Waals surface area contributed by atoms with Crippen LogP contribution in [0.2, 0.25) is 0 Å². The minimum Gasteiger partial charge on any atom is -0.480 e. The number of hydrogen-bond acceptors (Lipinski definition) is 3. The van der Waals surface area contributed by atoms with E-state index in [-0.39, 0.29) is 18.1 Å². The summed E-state index contributed by atoms with van der Waals surface area (Å²) in [4.78, 5) is 25.6. The summed E-state index contributed by atoms with van der Waals surface area (Å²) in [5, 5.41) is 12.3. The van der Waals surface area contributed by atoms with Gasteiger partial charge in [0.25, 0.3) is 0 Å². The molecule has 0 heterocycles. The first-order chi connectivity index (χ1) is 14.6. The summed E-state index contributed by atoms with van der Waals surface area (Å²) in [5.74, 6) is -1.89. The lowest BCUT2D eigenvalue weighted by Crippen LogP contribution is -2.43. The summed E-state index contributed by atoms with van der Waals surface area (Å²) in [7, 11) is -1.32. The Morgan fingerprint density at radius 3 is 1.97 bits per heavy atom. The SMILES string of the molecule is O=C(N[C@H](CC[S@@](=O)c1ccccc1)C(=O)O)C1c2ccccc2-c2ccccc21. The number of amides is 1. The lowest BCUT2D eigenvalue weighted by atomic mass is 9.95. The maximum absolute atomic E-state index is 13.2. The average Bonchev–Trinajstić information content (AvgIpc) is 3.11. The van der Waals surface area contributed by atoms with Crippen molar-refractivity contribution in [1.82, 2.24) is 5.32 Å². The van der Waals surface area contributed by atoms with Crippen molar-refractivity contribution in [3.63, 3.8) is 0 Å². The van der Waals surface area contributed by atoms with Gasteiger partial charge < -0.3 is 10.4 Å². The topological polar surface area (TPSA) is 83.5 Å². The first kappa shape index (κ1) is 20.0. The largest absolute Gasteiger partial charge is 0.480 e. The number of aliphatic carboxylic acids is 1. The van der Waals surface area contributed by atoms with Crippen LogP contribution >= 0.6 is 0 Å². The fraction of sp³-hybridized carbons (Fsp3) is 0.167. The van der Waals surface area contributed by atoms with Crippen molar-refractivity contribution in [2.45, 2.75) is 23.3 Å². The van der Waals surface area contributed by atoms with Gasteiger partial charge in [-0.15, -0.1) is 0 Å². The second kappa shape index (κ2) is 8.63. The van der Waals surface area contributed by atoms with Crippen molar-refractivity contribution in [2.24, 2.45) is 0 Å². The Bertz CT molecular complexity index is 1070. The monoisotopic (exact) mass is 419 g/mol. The summed E-state index contributed by atoms with van der Waals surface area (Å²) >= 11 is 0. The molecule has 152 valence electrons. The molecule has 4 rings (SSSR count). The predicted molar refractivity (Wildman–Crippen MR) is 116 cm³/mol. The lowest BCUT2D eigenvalue weighted by molar-refractivity contribution is -0.141. The summed E-state index contributed by atoms with van der Waals surface area (Å²) in [6.45, 7) is 0. The number of nitrogens with one attached hydrogen (secondary N) is 1. The van der Waals surface area contributed by atoms with E-state index in [1.54, 1.807) is 24.3 Å². The highest BCUT2D eigenvalue weighted by Crippen LogP contribution is 2.44. The van der Waals surface area contributed by atoms with Crippen LogP contribution in [0.4, 0.5) is 0 Å². The van der Waals surface area contributed by atoms with E-state index in [4.69, 9.17) is 0 Å². The van der Waals surface area contributed by atoms with Crippen LogP contribution in [0, 0.1) is 0 Å². The summed E-state index contributed by atoms with van der Waals surface area (Å²) in [6.07, 6.45) is 0.0819. The molecule has 0 aliphatic heterocycles.